The molecule has 0 atom stereocenters. The van der Waals surface area contributed by atoms with Crippen LogP contribution in [0.15, 0.2) is 27.9 Å². The molecule has 0 saturated heterocycles. The molecule has 0 fully saturated rings. The van der Waals surface area contributed by atoms with Crippen molar-refractivity contribution in [3.63, 3.8) is 0 Å². The fourth-order valence-corrected chi connectivity index (χ4v) is 0.676. The zero-order valence-electron chi connectivity index (χ0n) is 5.87. The van der Waals surface area contributed by atoms with Gasteiger partial charge in [-0.1, -0.05) is 0 Å². The number of rotatable bonds is 2. The van der Waals surface area contributed by atoms with E-state index in [0.29, 0.717) is 0 Å². The van der Waals surface area contributed by atoms with Crippen LogP contribution < -0.4 is 0 Å². The Morgan fingerprint density at radius 2 is 2.50 bits per heavy atom. The molecule has 0 aliphatic carbocycles. The number of furan rings is 1. The minimum atomic E-state index is 0.840. The molecule has 0 unspecified atom stereocenters. The third kappa shape index (κ3) is 1.35. The molecule has 52 valence electrons. The summed E-state index contributed by atoms with van der Waals surface area (Å²) in [4.78, 5) is 3.56. The van der Waals surface area contributed by atoms with Crippen LogP contribution in [0.25, 0.3) is 6.08 Å². The third-order valence-corrected chi connectivity index (χ3v) is 1.23. The summed E-state index contributed by atoms with van der Waals surface area (Å²) in [5, 5.41) is 0. The second kappa shape index (κ2) is 3.01. The highest BCUT2D eigenvalue weighted by molar-refractivity contribution is 5.47. The molecular weight excluding hydrogens is 126 g/mol. The molecule has 0 aliphatic rings. The quantitative estimate of drug-likeness (QED) is 0.571. The lowest BCUT2D eigenvalue weighted by atomic mass is 10.3. The van der Waals surface area contributed by atoms with Crippen molar-refractivity contribution in [3.8, 4) is 0 Å². The predicted molar refractivity (Wildman–Crippen MR) is 42.0 cm³/mol. The Morgan fingerprint density at radius 1 is 1.70 bits per heavy atom. The van der Waals surface area contributed by atoms with Gasteiger partial charge in [0.25, 0.3) is 0 Å². The molecule has 0 spiro atoms. The first-order valence-corrected chi connectivity index (χ1v) is 3.01. The molecule has 0 aromatic carbocycles. The van der Waals surface area contributed by atoms with E-state index in [0.717, 1.165) is 11.3 Å². The van der Waals surface area contributed by atoms with Crippen LogP contribution in [0.3, 0.4) is 0 Å². The fraction of sp³-hybridized carbons (Fsp3) is 0.125. The molecule has 2 nitrogen and oxygen atoms in total. The third-order valence-electron chi connectivity index (χ3n) is 1.23. The molecule has 10 heavy (non-hydrogen) atoms. The summed E-state index contributed by atoms with van der Waals surface area (Å²) in [5.41, 5.74) is 1.11. The maximum absolute atomic E-state index is 5.09. The maximum Gasteiger partial charge on any atom is 0.131 e. The molecule has 0 N–H and O–H groups in total. The minimum absolute atomic E-state index is 0.840. The lowest BCUT2D eigenvalue weighted by Gasteiger charge is -1.84. The van der Waals surface area contributed by atoms with Crippen molar-refractivity contribution in [1.82, 2.24) is 0 Å². The molecule has 0 bridgehead atoms. The van der Waals surface area contributed by atoms with Gasteiger partial charge in [-0.05, 0) is 31.3 Å². The van der Waals surface area contributed by atoms with Crippen molar-refractivity contribution in [2.45, 2.75) is 6.92 Å². The molecule has 0 radical (unpaired) electrons. The summed E-state index contributed by atoms with van der Waals surface area (Å²) in [7, 11) is 0. The number of aliphatic imine (C=N–C) groups is 1. The first kappa shape index (κ1) is 6.81. The van der Waals surface area contributed by atoms with Crippen LogP contribution in [0.5, 0.6) is 0 Å². The fourth-order valence-electron chi connectivity index (χ4n) is 0.676. The first-order valence-electron chi connectivity index (χ1n) is 3.01. The Morgan fingerprint density at radius 3 is 3.00 bits per heavy atom. The van der Waals surface area contributed by atoms with E-state index in [9.17, 15) is 0 Å². The van der Waals surface area contributed by atoms with Crippen LogP contribution >= 0.6 is 0 Å². The highest BCUT2D eigenvalue weighted by Crippen LogP contribution is 2.09. The van der Waals surface area contributed by atoms with Crippen molar-refractivity contribution in [3.05, 3.63) is 29.9 Å². The van der Waals surface area contributed by atoms with Gasteiger partial charge in [-0.3, -0.25) is 4.99 Å². The van der Waals surface area contributed by atoms with Gasteiger partial charge in [0, 0.05) is 6.20 Å². The monoisotopic (exact) mass is 135 g/mol. The Balaban J connectivity index is 2.83. The number of nitrogens with zero attached hydrogens (tertiary/aromatic N) is 1. The van der Waals surface area contributed by atoms with Crippen LogP contribution in [-0.2, 0) is 0 Å². The Bertz CT molecular complexity index is 248. The summed E-state index contributed by atoms with van der Waals surface area (Å²) < 4.78 is 5.09. The van der Waals surface area contributed by atoms with Crippen LogP contribution in [0.1, 0.15) is 11.3 Å². The lowest BCUT2D eigenvalue weighted by Crippen LogP contribution is -1.67. The van der Waals surface area contributed by atoms with E-state index in [1.54, 1.807) is 18.5 Å². The SMILES string of the molecule is C=NC=Cc1occc1C. The van der Waals surface area contributed by atoms with Gasteiger partial charge in [-0.2, -0.15) is 0 Å². The first-order chi connectivity index (χ1) is 4.84. The molecule has 0 aliphatic heterocycles. The van der Waals surface area contributed by atoms with Crippen molar-refractivity contribution in [1.29, 1.82) is 0 Å². The molecule has 0 saturated carbocycles. The van der Waals surface area contributed by atoms with Gasteiger partial charge in [0.05, 0.1) is 6.26 Å². The van der Waals surface area contributed by atoms with Gasteiger partial charge < -0.3 is 4.42 Å². The van der Waals surface area contributed by atoms with Gasteiger partial charge >= 0.3 is 0 Å². The van der Waals surface area contributed by atoms with Gasteiger partial charge in [0.1, 0.15) is 5.76 Å². The molecule has 1 aromatic heterocycles. The van der Waals surface area contributed by atoms with E-state index >= 15 is 0 Å². The smallest absolute Gasteiger partial charge is 0.131 e. The van der Waals surface area contributed by atoms with E-state index in [1.165, 1.54) is 0 Å². The summed E-state index contributed by atoms with van der Waals surface area (Å²) >= 11 is 0. The van der Waals surface area contributed by atoms with Crippen LogP contribution in [-0.4, -0.2) is 6.72 Å². The standard InChI is InChI=1S/C8H9NO/c1-7-4-6-10-8(7)3-5-9-2/h3-6H,2H2,1H3. The van der Waals surface area contributed by atoms with Gasteiger partial charge in [-0.15, -0.1) is 0 Å². The largest absolute Gasteiger partial charge is 0.465 e. The van der Waals surface area contributed by atoms with Crippen molar-refractivity contribution in [2.24, 2.45) is 4.99 Å². The van der Waals surface area contributed by atoms with Crippen molar-refractivity contribution < 1.29 is 4.42 Å². The van der Waals surface area contributed by atoms with E-state index in [-0.39, 0.29) is 0 Å². The van der Waals surface area contributed by atoms with E-state index < -0.39 is 0 Å². The normalized spacial score (nSPS) is 10.5. The number of aryl methyl sites for hydroxylation is 1. The van der Waals surface area contributed by atoms with Crippen molar-refractivity contribution >= 4 is 12.8 Å². The highest BCUT2D eigenvalue weighted by Gasteiger charge is 1.93. The second-order valence-corrected chi connectivity index (χ2v) is 1.97. The summed E-state index contributed by atoms with van der Waals surface area (Å²) in [6, 6.07) is 1.91. The summed E-state index contributed by atoms with van der Waals surface area (Å²) in [5.74, 6) is 0.840. The van der Waals surface area contributed by atoms with E-state index in [1.807, 2.05) is 13.0 Å². The van der Waals surface area contributed by atoms with Gasteiger partial charge in [0.15, 0.2) is 0 Å². The summed E-state index contributed by atoms with van der Waals surface area (Å²) in [6.45, 7) is 5.29. The molecule has 1 heterocycles. The van der Waals surface area contributed by atoms with Crippen LogP contribution in [0.4, 0.5) is 0 Å². The Hall–Kier alpha value is -1.31. The van der Waals surface area contributed by atoms with Crippen LogP contribution in [0, 0.1) is 6.92 Å². The molecular formula is C8H9NO. The average Bonchev–Trinajstić information content (AvgIpc) is 2.31. The molecule has 1 rings (SSSR count). The van der Waals surface area contributed by atoms with Gasteiger partial charge in [-0.25, -0.2) is 0 Å². The minimum Gasteiger partial charge on any atom is -0.465 e. The Labute approximate surface area is 59.9 Å². The zero-order valence-corrected chi connectivity index (χ0v) is 5.87. The van der Waals surface area contributed by atoms with E-state index in [4.69, 9.17) is 4.42 Å². The lowest BCUT2D eigenvalue weighted by molar-refractivity contribution is 0.555. The predicted octanol–water partition coefficient (Wildman–Crippen LogP) is 2.26. The maximum atomic E-state index is 5.09. The molecule has 1 aromatic rings. The van der Waals surface area contributed by atoms with E-state index in [2.05, 4.69) is 11.7 Å². The number of hydrogen-bond donors (Lipinski definition) is 0. The summed E-state index contributed by atoms with van der Waals surface area (Å²) in [6.07, 6.45) is 5.03. The highest BCUT2D eigenvalue weighted by atomic mass is 16.3. The second-order valence-electron chi connectivity index (χ2n) is 1.97. The topological polar surface area (TPSA) is 25.5 Å². The van der Waals surface area contributed by atoms with Crippen molar-refractivity contribution in [2.75, 3.05) is 0 Å². The Kier molecular flexibility index (Phi) is 2.05. The molecule has 0 amide bonds. The van der Waals surface area contributed by atoms with Gasteiger partial charge in [0.2, 0.25) is 0 Å². The molecule has 2 heteroatoms. The average molecular weight is 135 g/mol. The number of hydrogen-bond acceptors (Lipinski definition) is 2. The van der Waals surface area contributed by atoms with Crippen LogP contribution in [0.2, 0.25) is 0 Å². The zero-order chi connectivity index (χ0) is 7.40.